The van der Waals surface area contributed by atoms with E-state index >= 15 is 0 Å². The number of piperidine rings is 1. The Morgan fingerprint density at radius 3 is 2.60 bits per heavy atom. The number of fused-ring (bicyclic) bond motifs is 2. The summed E-state index contributed by atoms with van der Waals surface area (Å²) in [5, 5.41) is 4.65. The predicted molar refractivity (Wildman–Crippen MR) is 93.3 cm³/mol. The maximum Gasteiger partial charge on any atom is 0.322 e. The van der Waals surface area contributed by atoms with Crippen molar-refractivity contribution in [2.24, 2.45) is 17.6 Å². The Morgan fingerprint density at radius 1 is 1.24 bits per heavy atom. The van der Waals surface area contributed by atoms with Crippen LogP contribution in [0.2, 0.25) is 0 Å². The third-order valence-electron chi connectivity index (χ3n) is 5.27. The van der Waals surface area contributed by atoms with Crippen molar-refractivity contribution in [3.8, 4) is 11.8 Å². The standard InChI is InChI=1S/C18H24FN5O/c1-11(2)24-18(25-15-5-3-4-14(19)8-15)21-17(22-24)23-9-12-6-7-13(10-23)16(12)20/h3-5,8,11-13,16H,6-7,9-10,20H2,1-2H3. The van der Waals surface area contributed by atoms with Gasteiger partial charge in [0.1, 0.15) is 11.6 Å². The van der Waals surface area contributed by atoms with E-state index in [4.69, 9.17) is 10.5 Å². The van der Waals surface area contributed by atoms with Crippen molar-refractivity contribution in [1.82, 2.24) is 14.8 Å². The van der Waals surface area contributed by atoms with Crippen molar-refractivity contribution < 1.29 is 9.13 Å². The van der Waals surface area contributed by atoms with Gasteiger partial charge in [-0.3, -0.25) is 0 Å². The fraction of sp³-hybridized carbons (Fsp3) is 0.556. The number of hydrogen-bond donors (Lipinski definition) is 1. The Balaban J connectivity index is 1.60. The molecule has 4 rings (SSSR count). The van der Waals surface area contributed by atoms with Crippen LogP contribution in [0.3, 0.4) is 0 Å². The molecule has 2 fully saturated rings. The number of anilines is 1. The molecule has 2 heterocycles. The van der Waals surface area contributed by atoms with Crippen molar-refractivity contribution >= 4 is 5.95 Å². The monoisotopic (exact) mass is 345 g/mol. The van der Waals surface area contributed by atoms with Crippen molar-refractivity contribution in [1.29, 1.82) is 0 Å². The molecule has 0 spiro atoms. The average Bonchev–Trinajstić information content (AvgIpc) is 3.04. The molecule has 25 heavy (non-hydrogen) atoms. The maximum absolute atomic E-state index is 13.4. The van der Waals surface area contributed by atoms with Crippen molar-refractivity contribution in [3.63, 3.8) is 0 Å². The second kappa shape index (κ2) is 6.29. The number of nitrogens with two attached hydrogens (primary N) is 1. The minimum Gasteiger partial charge on any atom is -0.424 e. The third kappa shape index (κ3) is 3.08. The molecule has 1 saturated heterocycles. The highest BCUT2D eigenvalue weighted by Gasteiger charge is 2.41. The van der Waals surface area contributed by atoms with E-state index in [9.17, 15) is 4.39 Å². The van der Waals surface area contributed by atoms with Crippen LogP contribution in [0.25, 0.3) is 0 Å². The van der Waals surface area contributed by atoms with Crippen molar-refractivity contribution in [3.05, 3.63) is 30.1 Å². The molecule has 2 aromatic rings. The van der Waals surface area contributed by atoms with Crippen molar-refractivity contribution in [2.45, 2.75) is 38.8 Å². The van der Waals surface area contributed by atoms with Crippen LogP contribution in [0.1, 0.15) is 32.7 Å². The van der Waals surface area contributed by atoms with Crippen LogP contribution in [0, 0.1) is 17.7 Å². The van der Waals surface area contributed by atoms with Gasteiger partial charge >= 0.3 is 6.01 Å². The number of nitrogens with zero attached hydrogens (tertiary/aromatic N) is 4. The lowest BCUT2D eigenvalue weighted by molar-refractivity contribution is 0.352. The normalized spacial score (nSPS) is 25.6. The maximum atomic E-state index is 13.4. The van der Waals surface area contributed by atoms with Gasteiger partial charge in [0, 0.05) is 25.2 Å². The lowest BCUT2D eigenvalue weighted by Crippen LogP contribution is -2.49. The molecule has 1 aromatic carbocycles. The van der Waals surface area contributed by atoms with Gasteiger partial charge in [0.05, 0.1) is 6.04 Å². The first kappa shape index (κ1) is 16.3. The topological polar surface area (TPSA) is 69.2 Å². The van der Waals surface area contributed by atoms with Crippen LogP contribution >= 0.6 is 0 Å². The highest BCUT2D eigenvalue weighted by atomic mass is 19.1. The minimum absolute atomic E-state index is 0.0913. The second-order valence-corrected chi connectivity index (χ2v) is 7.37. The number of ether oxygens (including phenoxy) is 1. The second-order valence-electron chi connectivity index (χ2n) is 7.37. The Labute approximate surface area is 146 Å². The minimum atomic E-state index is -0.338. The largest absolute Gasteiger partial charge is 0.424 e. The number of halogens is 1. The molecular formula is C18H24FN5O. The van der Waals surface area contributed by atoms with E-state index in [1.165, 1.54) is 25.0 Å². The molecule has 0 radical (unpaired) electrons. The van der Waals surface area contributed by atoms with Crippen LogP contribution < -0.4 is 15.4 Å². The fourth-order valence-electron chi connectivity index (χ4n) is 3.90. The van der Waals surface area contributed by atoms with Gasteiger partial charge in [-0.15, -0.1) is 5.10 Å². The first-order valence-electron chi connectivity index (χ1n) is 8.91. The highest BCUT2D eigenvalue weighted by Crippen LogP contribution is 2.37. The summed E-state index contributed by atoms with van der Waals surface area (Å²) < 4.78 is 21.0. The predicted octanol–water partition coefficient (Wildman–Crippen LogP) is 2.96. The molecule has 0 amide bonds. The van der Waals surface area contributed by atoms with Crippen LogP contribution in [0.15, 0.2) is 24.3 Å². The molecule has 2 atom stereocenters. The average molecular weight is 345 g/mol. The van der Waals surface area contributed by atoms with E-state index in [1.807, 2.05) is 13.8 Å². The summed E-state index contributed by atoms with van der Waals surface area (Å²) in [6.45, 7) is 5.82. The van der Waals surface area contributed by atoms with Gasteiger partial charge in [0.25, 0.3) is 0 Å². The van der Waals surface area contributed by atoms with E-state index in [0.717, 1.165) is 13.1 Å². The molecule has 2 N–H and O–H groups in total. The van der Waals surface area contributed by atoms with Gasteiger partial charge in [-0.25, -0.2) is 9.07 Å². The van der Waals surface area contributed by atoms with E-state index in [-0.39, 0.29) is 11.9 Å². The summed E-state index contributed by atoms with van der Waals surface area (Å²) in [6, 6.07) is 6.84. The van der Waals surface area contributed by atoms with Crippen molar-refractivity contribution in [2.75, 3.05) is 18.0 Å². The number of rotatable bonds is 4. The zero-order valence-electron chi connectivity index (χ0n) is 14.6. The molecule has 2 unspecified atom stereocenters. The van der Waals surface area contributed by atoms with Gasteiger partial charge in [-0.1, -0.05) is 6.07 Å². The summed E-state index contributed by atoms with van der Waals surface area (Å²) in [5.74, 6) is 1.77. The van der Waals surface area contributed by atoms with E-state index in [0.29, 0.717) is 35.6 Å². The van der Waals surface area contributed by atoms with E-state index < -0.39 is 0 Å². The fourth-order valence-corrected chi connectivity index (χ4v) is 3.90. The number of hydrogen-bond acceptors (Lipinski definition) is 5. The first-order chi connectivity index (χ1) is 12.0. The summed E-state index contributed by atoms with van der Waals surface area (Å²) in [4.78, 5) is 6.81. The van der Waals surface area contributed by atoms with Gasteiger partial charge in [0.15, 0.2) is 0 Å². The molecule has 6 nitrogen and oxygen atoms in total. The Bertz CT molecular complexity index is 748. The third-order valence-corrected chi connectivity index (χ3v) is 5.27. The molecule has 7 heteroatoms. The number of aromatic nitrogens is 3. The summed E-state index contributed by atoms with van der Waals surface area (Å²) in [7, 11) is 0. The Hall–Kier alpha value is -2.15. The first-order valence-corrected chi connectivity index (χ1v) is 8.91. The van der Waals surface area contributed by atoms with E-state index in [1.54, 1.807) is 16.8 Å². The SMILES string of the molecule is CC(C)n1nc(N2CC3CCC(C2)C3N)nc1Oc1cccc(F)c1. The summed E-state index contributed by atoms with van der Waals surface area (Å²) >= 11 is 0. The van der Waals surface area contributed by atoms with Gasteiger partial charge in [-0.2, -0.15) is 4.98 Å². The van der Waals surface area contributed by atoms with Gasteiger partial charge < -0.3 is 15.4 Å². The van der Waals surface area contributed by atoms with Crippen LogP contribution in [0.5, 0.6) is 11.8 Å². The molecule has 2 aliphatic rings. The van der Waals surface area contributed by atoms with Crippen LogP contribution in [0.4, 0.5) is 10.3 Å². The zero-order valence-corrected chi connectivity index (χ0v) is 14.6. The summed E-state index contributed by atoms with van der Waals surface area (Å²) in [5.41, 5.74) is 6.29. The Morgan fingerprint density at radius 2 is 1.96 bits per heavy atom. The van der Waals surface area contributed by atoms with E-state index in [2.05, 4.69) is 15.0 Å². The Kier molecular flexibility index (Phi) is 4.11. The van der Waals surface area contributed by atoms with Crippen LogP contribution in [-0.4, -0.2) is 33.9 Å². The number of benzene rings is 1. The van der Waals surface area contributed by atoms with Crippen LogP contribution in [-0.2, 0) is 0 Å². The quantitative estimate of drug-likeness (QED) is 0.923. The lowest BCUT2D eigenvalue weighted by atomic mass is 9.93. The molecule has 134 valence electrons. The smallest absolute Gasteiger partial charge is 0.322 e. The molecule has 1 aliphatic heterocycles. The van der Waals surface area contributed by atoms with Gasteiger partial charge in [-0.05, 0) is 50.7 Å². The molecule has 1 aromatic heterocycles. The zero-order chi connectivity index (χ0) is 17.6. The molecule has 2 bridgehead atoms. The van der Waals surface area contributed by atoms with Gasteiger partial charge in [0.2, 0.25) is 5.95 Å². The summed E-state index contributed by atoms with van der Waals surface area (Å²) in [6.07, 6.45) is 2.36. The molecular weight excluding hydrogens is 321 g/mol. The molecule has 1 saturated carbocycles. The highest BCUT2D eigenvalue weighted by molar-refractivity contribution is 5.35. The molecule has 1 aliphatic carbocycles. The lowest BCUT2D eigenvalue weighted by Gasteiger charge is -2.35.